The second kappa shape index (κ2) is 9.65. The summed E-state index contributed by atoms with van der Waals surface area (Å²) in [6.45, 7) is 6.74. The van der Waals surface area contributed by atoms with Crippen LogP contribution in [0.5, 0.6) is 0 Å². The zero-order valence-corrected chi connectivity index (χ0v) is 16.9. The Morgan fingerprint density at radius 1 is 1.38 bits per heavy atom. The number of nitrogens with zero attached hydrogens (tertiary/aromatic N) is 3. The average Bonchev–Trinajstić information content (AvgIpc) is 2.57. The quantitative estimate of drug-likeness (QED) is 0.355. The predicted molar refractivity (Wildman–Crippen MR) is 107 cm³/mol. The first-order valence-corrected chi connectivity index (χ1v) is 10.1. The summed E-state index contributed by atoms with van der Waals surface area (Å²) in [5.41, 5.74) is 1.82. The molecule has 1 aliphatic rings. The molecule has 0 aliphatic carbocycles. The fourth-order valence-electron chi connectivity index (χ4n) is 3.03. The summed E-state index contributed by atoms with van der Waals surface area (Å²) in [6.07, 6.45) is 2.66. The third-order valence-electron chi connectivity index (χ3n) is 4.69. The third kappa shape index (κ3) is 5.94. The van der Waals surface area contributed by atoms with Crippen molar-refractivity contribution >= 4 is 34.2 Å². The largest absolute Gasteiger partial charge is 0.320 e. The number of carbonyl (C=O) groups excluding carboxylic acids is 1. The van der Waals surface area contributed by atoms with Crippen LogP contribution in [0.4, 0.5) is 5.69 Å². The van der Waals surface area contributed by atoms with Crippen LogP contribution in [-0.2, 0) is 11.2 Å². The van der Waals surface area contributed by atoms with Crippen molar-refractivity contribution in [2.24, 2.45) is 0 Å². The van der Waals surface area contributed by atoms with Crippen molar-refractivity contribution in [3.63, 3.8) is 0 Å². The topological polar surface area (TPSA) is 57.3 Å². The van der Waals surface area contributed by atoms with E-state index in [0.717, 1.165) is 66.0 Å². The van der Waals surface area contributed by atoms with Gasteiger partial charge >= 0.3 is 0 Å². The SMILES string of the molecule is CNCCc1ccc(NC(=O)C[N+]2(CCI)CCN(C)CC2)cn1. The highest BCUT2D eigenvalue weighted by molar-refractivity contribution is 14.1. The standard InChI is InChI=1S/C17H28IN5O/c1-19-7-5-15-3-4-16(13-20-15)21-17(24)14-23(10-6-18)11-8-22(2)9-12-23/h3-4,13,19H,5-12,14H2,1-2H3/p+1. The number of likely N-dealkylation sites (N-methyl/N-ethyl adjacent to an activating group) is 2. The van der Waals surface area contributed by atoms with E-state index >= 15 is 0 Å². The van der Waals surface area contributed by atoms with Crippen LogP contribution < -0.4 is 10.6 Å². The number of alkyl halides is 1. The average molecular weight is 446 g/mol. The maximum atomic E-state index is 12.5. The number of aromatic nitrogens is 1. The molecule has 2 N–H and O–H groups in total. The zero-order chi connectivity index (χ0) is 17.4. The molecule has 1 aliphatic heterocycles. The highest BCUT2D eigenvalue weighted by Gasteiger charge is 2.33. The molecule has 0 radical (unpaired) electrons. The van der Waals surface area contributed by atoms with Crippen LogP contribution in [-0.4, -0.2) is 84.6 Å². The number of halogens is 1. The normalized spacial score (nSPS) is 17.6. The molecule has 6 nitrogen and oxygen atoms in total. The van der Waals surface area contributed by atoms with Crippen LogP contribution in [0.25, 0.3) is 0 Å². The van der Waals surface area contributed by atoms with Crippen molar-refractivity contribution in [2.45, 2.75) is 6.42 Å². The Morgan fingerprint density at radius 3 is 2.71 bits per heavy atom. The summed E-state index contributed by atoms with van der Waals surface area (Å²) < 4.78 is 1.98. The molecule has 2 heterocycles. The molecule has 1 aromatic rings. The van der Waals surface area contributed by atoms with Gasteiger partial charge in [-0.1, -0.05) is 22.6 Å². The zero-order valence-electron chi connectivity index (χ0n) is 14.7. The summed E-state index contributed by atoms with van der Waals surface area (Å²) >= 11 is 2.41. The van der Waals surface area contributed by atoms with Gasteiger partial charge < -0.3 is 15.1 Å². The maximum absolute atomic E-state index is 12.5. The van der Waals surface area contributed by atoms with Gasteiger partial charge in [-0.15, -0.1) is 0 Å². The number of piperazine rings is 1. The Hall–Kier alpha value is -0.770. The van der Waals surface area contributed by atoms with Crippen LogP contribution in [0.1, 0.15) is 5.69 Å². The van der Waals surface area contributed by atoms with E-state index in [1.165, 1.54) is 0 Å². The first-order valence-electron chi connectivity index (χ1n) is 8.56. The third-order valence-corrected chi connectivity index (χ3v) is 5.17. The van der Waals surface area contributed by atoms with Crippen LogP contribution >= 0.6 is 22.6 Å². The van der Waals surface area contributed by atoms with Crippen LogP contribution in [0.15, 0.2) is 18.3 Å². The molecule has 0 unspecified atom stereocenters. The van der Waals surface area contributed by atoms with Gasteiger partial charge in [-0.3, -0.25) is 14.7 Å². The minimum absolute atomic E-state index is 0.0918. The molecule has 7 heteroatoms. The van der Waals surface area contributed by atoms with Crippen molar-refractivity contribution in [1.82, 2.24) is 15.2 Å². The minimum Gasteiger partial charge on any atom is -0.320 e. The lowest BCUT2D eigenvalue weighted by atomic mass is 10.2. The lowest BCUT2D eigenvalue weighted by Gasteiger charge is -2.43. The van der Waals surface area contributed by atoms with Crippen molar-refractivity contribution in [1.29, 1.82) is 0 Å². The molecule has 0 aromatic carbocycles. The van der Waals surface area contributed by atoms with Gasteiger partial charge in [0.15, 0.2) is 6.54 Å². The second-order valence-electron chi connectivity index (χ2n) is 6.60. The Morgan fingerprint density at radius 2 is 2.12 bits per heavy atom. The number of hydrogen-bond acceptors (Lipinski definition) is 4. The molecular formula is C17H29IN5O+. The smallest absolute Gasteiger partial charge is 0.279 e. The van der Waals surface area contributed by atoms with Crippen molar-refractivity contribution in [3.8, 4) is 0 Å². The summed E-state index contributed by atoms with van der Waals surface area (Å²) in [4.78, 5) is 19.3. The van der Waals surface area contributed by atoms with E-state index in [2.05, 4.69) is 50.2 Å². The summed E-state index contributed by atoms with van der Waals surface area (Å²) in [6, 6.07) is 3.93. The minimum atomic E-state index is 0.0918. The number of rotatable bonds is 8. The maximum Gasteiger partial charge on any atom is 0.279 e. The molecule has 134 valence electrons. The van der Waals surface area contributed by atoms with Crippen LogP contribution in [0.3, 0.4) is 0 Å². The van der Waals surface area contributed by atoms with E-state index in [9.17, 15) is 4.79 Å². The van der Waals surface area contributed by atoms with Crippen molar-refractivity contribution < 1.29 is 9.28 Å². The molecule has 0 atom stereocenters. The number of amides is 1. The lowest BCUT2D eigenvalue weighted by molar-refractivity contribution is -0.921. The van der Waals surface area contributed by atoms with Gasteiger partial charge in [0.2, 0.25) is 0 Å². The van der Waals surface area contributed by atoms with Gasteiger partial charge in [0.25, 0.3) is 5.91 Å². The number of carbonyl (C=O) groups is 1. The predicted octanol–water partition coefficient (Wildman–Crippen LogP) is 0.979. The summed E-state index contributed by atoms with van der Waals surface area (Å²) in [5, 5.41) is 6.13. The van der Waals surface area contributed by atoms with Crippen molar-refractivity contribution in [3.05, 3.63) is 24.0 Å². The fourth-order valence-corrected chi connectivity index (χ4v) is 4.06. The lowest BCUT2D eigenvalue weighted by Crippen LogP contribution is -2.61. The monoisotopic (exact) mass is 446 g/mol. The van der Waals surface area contributed by atoms with Gasteiger partial charge in [0.05, 0.1) is 31.5 Å². The van der Waals surface area contributed by atoms with Gasteiger partial charge in [0, 0.05) is 36.2 Å². The van der Waals surface area contributed by atoms with Gasteiger partial charge in [-0.2, -0.15) is 0 Å². The van der Waals surface area contributed by atoms with E-state index in [-0.39, 0.29) is 5.91 Å². The first-order chi connectivity index (χ1) is 11.6. The van der Waals surface area contributed by atoms with Crippen molar-refractivity contribution in [2.75, 3.05) is 69.7 Å². The molecule has 0 spiro atoms. The highest BCUT2D eigenvalue weighted by atomic mass is 127. The molecule has 1 saturated heterocycles. The number of pyridine rings is 1. The molecule has 1 aromatic heterocycles. The molecule has 1 amide bonds. The second-order valence-corrected chi connectivity index (χ2v) is 7.68. The van der Waals surface area contributed by atoms with Gasteiger partial charge in [-0.05, 0) is 26.2 Å². The Labute approximate surface area is 158 Å². The molecule has 0 saturated carbocycles. The molecule has 1 fully saturated rings. The molecular weight excluding hydrogens is 417 g/mol. The van der Waals surface area contributed by atoms with E-state index in [1.807, 2.05) is 19.2 Å². The summed E-state index contributed by atoms with van der Waals surface area (Å²) in [7, 11) is 4.08. The van der Waals surface area contributed by atoms with Crippen LogP contribution in [0, 0.1) is 0 Å². The van der Waals surface area contributed by atoms with Crippen LogP contribution in [0.2, 0.25) is 0 Å². The summed E-state index contributed by atoms with van der Waals surface area (Å²) in [5.74, 6) is 0.0918. The van der Waals surface area contributed by atoms with Gasteiger partial charge in [-0.25, -0.2) is 0 Å². The van der Waals surface area contributed by atoms with E-state index in [4.69, 9.17) is 0 Å². The Balaban J connectivity index is 1.91. The number of anilines is 1. The Kier molecular flexibility index (Phi) is 7.86. The first kappa shape index (κ1) is 19.6. The number of quaternary nitrogens is 1. The van der Waals surface area contributed by atoms with Gasteiger partial charge in [0.1, 0.15) is 0 Å². The number of nitrogens with one attached hydrogen (secondary N) is 2. The molecule has 2 rings (SSSR count). The highest BCUT2D eigenvalue weighted by Crippen LogP contribution is 2.14. The molecule has 24 heavy (non-hydrogen) atoms. The van der Waals surface area contributed by atoms with E-state index in [1.54, 1.807) is 6.20 Å². The number of hydrogen-bond donors (Lipinski definition) is 2. The molecule has 0 bridgehead atoms. The van der Waals surface area contributed by atoms with E-state index < -0.39 is 0 Å². The van der Waals surface area contributed by atoms with E-state index in [0.29, 0.717) is 6.54 Å². The fraction of sp³-hybridized carbons (Fsp3) is 0.647. The Bertz CT molecular complexity index is 514.